The first-order chi connectivity index (χ1) is 14.0. The number of pyridine rings is 1. The molecule has 3 nitrogen and oxygen atoms in total. The minimum Gasteiger partial charge on any atom is -0.322 e. The van der Waals surface area contributed by atoms with E-state index in [1.807, 2.05) is 54.6 Å². The molecule has 0 bridgehead atoms. The summed E-state index contributed by atoms with van der Waals surface area (Å²) in [4.78, 5) is 17.9. The molecule has 144 valence electrons. The highest BCUT2D eigenvalue weighted by Crippen LogP contribution is 2.26. The number of fused-ring (bicyclic) bond motifs is 1. The first-order valence-electron chi connectivity index (χ1n) is 9.89. The maximum Gasteiger partial charge on any atom is 0.256 e. The Morgan fingerprint density at radius 1 is 0.897 bits per heavy atom. The molecule has 0 aliphatic rings. The van der Waals surface area contributed by atoms with Crippen LogP contribution in [0.4, 0.5) is 5.69 Å². The highest BCUT2D eigenvalue weighted by atomic mass is 16.1. The zero-order valence-corrected chi connectivity index (χ0v) is 16.9. The molecule has 1 heterocycles. The van der Waals surface area contributed by atoms with Crippen LogP contribution in [0.1, 0.15) is 41.3 Å². The zero-order valence-electron chi connectivity index (χ0n) is 16.9. The van der Waals surface area contributed by atoms with Crippen molar-refractivity contribution in [1.29, 1.82) is 0 Å². The number of hydrogen-bond donors (Lipinski definition) is 1. The van der Waals surface area contributed by atoms with Crippen molar-refractivity contribution in [3.63, 3.8) is 0 Å². The summed E-state index contributed by atoms with van der Waals surface area (Å²) >= 11 is 0. The number of rotatable bonds is 4. The van der Waals surface area contributed by atoms with Crippen LogP contribution in [0.2, 0.25) is 0 Å². The Morgan fingerprint density at radius 2 is 1.66 bits per heavy atom. The van der Waals surface area contributed by atoms with E-state index in [1.165, 1.54) is 5.56 Å². The summed E-state index contributed by atoms with van der Waals surface area (Å²) in [6, 6.07) is 25.9. The van der Waals surface area contributed by atoms with E-state index < -0.39 is 0 Å². The topological polar surface area (TPSA) is 42.0 Å². The molecule has 0 saturated heterocycles. The zero-order chi connectivity index (χ0) is 20.4. The summed E-state index contributed by atoms with van der Waals surface area (Å²) in [6.07, 6.45) is 0. The van der Waals surface area contributed by atoms with Gasteiger partial charge in [-0.1, -0.05) is 67.9 Å². The third-order valence-corrected chi connectivity index (χ3v) is 5.11. The molecule has 1 amide bonds. The van der Waals surface area contributed by atoms with Crippen LogP contribution in [-0.2, 0) is 0 Å². The maximum absolute atomic E-state index is 13.2. The van der Waals surface area contributed by atoms with Gasteiger partial charge in [0.2, 0.25) is 0 Å². The third kappa shape index (κ3) is 4.04. The van der Waals surface area contributed by atoms with Gasteiger partial charge in [0.25, 0.3) is 5.91 Å². The predicted octanol–water partition coefficient (Wildman–Crippen LogP) is 6.59. The fourth-order valence-electron chi connectivity index (χ4n) is 3.47. The second-order valence-electron chi connectivity index (χ2n) is 7.67. The van der Waals surface area contributed by atoms with Gasteiger partial charge >= 0.3 is 0 Å². The van der Waals surface area contributed by atoms with E-state index >= 15 is 0 Å². The monoisotopic (exact) mass is 380 g/mol. The molecule has 0 fully saturated rings. The van der Waals surface area contributed by atoms with Crippen molar-refractivity contribution in [2.45, 2.75) is 26.7 Å². The van der Waals surface area contributed by atoms with Crippen LogP contribution in [-0.4, -0.2) is 10.9 Å². The number of carbonyl (C=O) groups is 1. The SMILES string of the molecule is Cc1cccc(-c2cc(C(=O)Nc3ccc(C(C)C)cc3)c3ccccc3n2)c1. The van der Waals surface area contributed by atoms with Crippen molar-refractivity contribution in [2.24, 2.45) is 0 Å². The average molecular weight is 380 g/mol. The van der Waals surface area contributed by atoms with Gasteiger partial charge in [-0.15, -0.1) is 0 Å². The van der Waals surface area contributed by atoms with Crippen LogP contribution < -0.4 is 5.32 Å². The third-order valence-electron chi connectivity index (χ3n) is 5.11. The highest BCUT2D eigenvalue weighted by molar-refractivity contribution is 6.13. The molecule has 0 aliphatic heterocycles. The van der Waals surface area contributed by atoms with Crippen LogP contribution in [0.3, 0.4) is 0 Å². The Balaban J connectivity index is 1.74. The predicted molar refractivity (Wildman–Crippen MR) is 120 cm³/mol. The summed E-state index contributed by atoms with van der Waals surface area (Å²) in [5, 5.41) is 3.89. The molecule has 0 aliphatic carbocycles. The number of nitrogens with one attached hydrogen (secondary N) is 1. The van der Waals surface area contributed by atoms with Crippen LogP contribution in [0.25, 0.3) is 22.2 Å². The second kappa shape index (κ2) is 7.88. The average Bonchev–Trinajstić information content (AvgIpc) is 2.73. The summed E-state index contributed by atoms with van der Waals surface area (Å²) in [6.45, 7) is 6.37. The molecule has 3 heteroatoms. The normalized spacial score (nSPS) is 11.0. The molecule has 1 N–H and O–H groups in total. The first kappa shape index (κ1) is 18.9. The standard InChI is InChI=1S/C26H24N2O/c1-17(2)19-11-13-21(14-12-19)27-26(29)23-16-25(20-8-6-7-18(3)15-20)28-24-10-5-4-9-22(23)24/h4-17H,1-3H3,(H,27,29). The summed E-state index contributed by atoms with van der Waals surface area (Å²) < 4.78 is 0. The molecule has 0 spiro atoms. The molecular formula is C26H24N2O. The Hall–Kier alpha value is -3.46. The van der Waals surface area contributed by atoms with Crippen LogP contribution in [0, 0.1) is 6.92 Å². The molecule has 0 atom stereocenters. The molecule has 0 unspecified atom stereocenters. The lowest BCUT2D eigenvalue weighted by atomic mass is 10.0. The van der Waals surface area contributed by atoms with Gasteiger partial charge in [0, 0.05) is 16.6 Å². The number of carbonyl (C=O) groups excluding carboxylic acids is 1. The van der Waals surface area contributed by atoms with Crippen molar-refractivity contribution in [1.82, 2.24) is 4.98 Å². The van der Waals surface area contributed by atoms with E-state index in [0.29, 0.717) is 11.5 Å². The van der Waals surface area contributed by atoms with Crippen molar-refractivity contribution in [3.8, 4) is 11.3 Å². The summed E-state index contributed by atoms with van der Waals surface area (Å²) in [7, 11) is 0. The van der Waals surface area contributed by atoms with E-state index in [-0.39, 0.29) is 5.91 Å². The van der Waals surface area contributed by atoms with Gasteiger partial charge in [0.1, 0.15) is 0 Å². The van der Waals surface area contributed by atoms with E-state index in [0.717, 1.165) is 33.4 Å². The number of hydrogen-bond acceptors (Lipinski definition) is 2. The fourth-order valence-corrected chi connectivity index (χ4v) is 3.47. The number of benzene rings is 3. The van der Waals surface area contributed by atoms with E-state index in [9.17, 15) is 4.79 Å². The Kier molecular flexibility index (Phi) is 5.13. The summed E-state index contributed by atoms with van der Waals surface area (Å²) in [5.74, 6) is 0.329. The number of aryl methyl sites for hydroxylation is 1. The Labute approximate surface area is 171 Å². The molecule has 1 aromatic heterocycles. The van der Waals surface area contributed by atoms with Gasteiger partial charge in [0.15, 0.2) is 0 Å². The van der Waals surface area contributed by atoms with Crippen LogP contribution in [0.15, 0.2) is 78.9 Å². The minimum absolute atomic E-state index is 0.130. The van der Waals surface area contributed by atoms with Gasteiger partial charge in [-0.05, 0) is 48.7 Å². The number of anilines is 1. The van der Waals surface area contributed by atoms with Gasteiger partial charge in [-0.3, -0.25) is 4.79 Å². The Bertz CT molecular complexity index is 1180. The lowest BCUT2D eigenvalue weighted by molar-refractivity contribution is 0.102. The molecule has 0 radical (unpaired) electrons. The van der Waals surface area contributed by atoms with E-state index in [1.54, 1.807) is 0 Å². The molecule has 4 rings (SSSR count). The second-order valence-corrected chi connectivity index (χ2v) is 7.67. The van der Waals surface area contributed by atoms with Crippen molar-refractivity contribution >= 4 is 22.5 Å². The van der Waals surface area contributed by atoms with Crippen LogP contribution >= 0.6 is 0 Å². The van der Waals surface area contributed by atoms with Gasteiger partial charge in [-0.25, -0.2) is 4.98 Å². The number of amides is 1. The fraction of sp³-hybridized carbons (Fsp3) is 0.154. The molecule has 4 aromatic rings. The smallest absolute Gasteiger partial charge is 0.256 e. The van der Waals surface area contributed by atoms with E-state index in [2.05, 4.69) is 50.4 Å². The van der Waals surface area contributed by atoms with Crippen molar-refractivity contribution in [3.05, 3.63) is 95.6 Å². The van der Waals surface area contributed by atoms with E-state index in [4.69, 9.17) is 4.98 Å². The first-order valence-corrected chi connectivity index (χ1v) is 9.89. The van der Waals surface area contributed by atoms with Gasteiger partial charge in [0.05, 0.1) is 16.8 Å². The minimum atomic E-state index is -0.130. The lowest BCUT2D eigenvalue weighted by Crippen LogP contribution is -2.13. The van der Waals surface area contributed by atoms with Crippen LogP contribution in [0.5, 0.6) is 0 Å². The molecule has 3 aromatic carbocycles. The number of para-hydroxylation sites is 1. The molecular weight excluding hydrogens is 356 g/mol. The largest absolute Gasteiger partial charge is 0.322 e. The summed E-state index contributed by atoms with van der Waals surface area (Å²) in [5.41, 5.74) is 6.44. The Morgan fingerprint density at radius 3 is 2.38 bits per heavy atom. The van der Waals surface area contributed by atoms with Gasteiger partial charge in [-0.2, -0.15) is 0 Å². The molecule has 0 saturated carbocycles. The number of nitrogens with zero attached hydrogens (tertiary/aromatic N) is 1. The van der Waals surface area contributed by atoms with Gasteiger partial charge < -0.3 is 5.32 Å². The quantitative estimate of drug-likeness (QED) is 0.434. The lowest BCUT2D eigenvalue weighted by Gasteiger charge is -2.12. The van der Waals surface area contributed by atoms with Crippen molar-refractivity contribution < 1.29 is 4.79 Å². The highest BCUT2D eigenvalue weighted by Gasteiger charge is 2.14. The van der Waals surface area contributed by atoms with Crippen molar-refractivity contribution in [2.75, 3.05) is 5.32 Å². The maximum atomic E-state index is 13.2. The number of aromatic nitrogens is 1. The molecule has 29 heavy (non-hydrogen) atoms.